The normalized spacial score (nSPS) is 21.7. The van der Waals surface area contributed by atoms with Gasteiger partial charge in [-0.2, -0.15) is 12.7 Å². The predicted molar refractivity (Wildman–Crippen MR) is 82.8 cm³/mol. The van der Waals surface area contributed by atoms with E-state index in [0.29, 0.717) is 9.87 Å². The molecule has 1 aromatic carbocycles. The van der Waals surface area contributed by atoms with Crippen LogP contribution in [0.3, 0.4) is 0 Å². The van der Waals surface area contributed by atoms with Gasteiger partial charge in [-0.15, -0.1) is 0 Å². The highest BCUT2D eigenvalue weighted by molar-refractivity contribution is 7.90. The van der Waals surface area contributed by atoms with Gasteiger partial charge in [-0.25, -0.2) is 12.7 Å². The molecule has 2 rings (SSSR count). The zero-order valence-corrected chi connectivity index (χ0v) is 14.8. The van der Waals surface area contributed by atoms with E-state index in [0.717, 1.165) is 10.6 Å². The third kappa shape index (κ3) is 3.06. The molecule has 23 heavy (non-hydrogen) atoms. The van der Waals surface area contributed by atoms with Crippen LogP contribution in [0.15, 0.2) is 23.1 Å². The average Bonchev–Trinajstić information content (AvgIpc) is 2.61. The largest absolute Gasteiger partial charge is 0.495 e. The standard InChI is InChI=1S/C13H18N2O6S2/c1-9-13(16)14(2)23(19,20)15(9)8-10-5-6-11(21-3)12(7-10)22(4,17)18/h5-7,9H,8H2,1-4H3. The number of ether oxygens (including phenoxy) is 1. The van der Waals surface area contributed by atoms with Crippen LogP contribution in [0.1, 0.15) is 12.5 Å². The first-order valence-corrected chi connectivity index (χ1v) is 9.95. The third-order valence-corrected chi connectivity index (χ3v) is 6.74. The number of amides is 1. The lowest BCUT2D eigenvalue weighted by molar-refractivity contribution is -0.126. The molecule has 0 bridgehead atoms. The van der Waals surface area contributed by atoms with E-state index in [1.807, 2.05) is 0 Å². The van der Waals surface area contributed by atoms with Crippen LogP contribution >= 0.6 is 0 Å². The Kier molecular flexibility index (Phi) is 4.44. The van der Waals surface area contributed by atoms with Crippen LogP contribution in [-0.2, 0) is 31.4 Å². The molecule has 1 aliphatic heterocycles. The number of sulfone groups is 1. The van der Waals surface area contributed by atoms with Crippen LogP contribution in [0.2, 0.25) is 0 Å². The van der Waals surface area contributed by atoms with E-state index < -0.39 is 32.0 Å². The number of carbonyl (C=O) groups excluding carboxylic acids is 1. The monoisotopic (exact) mass is 362 g/mol. The number of hydrogen-bond donors (Lipinski definition) is 0. The summed E-state index contributed by atoms with van der Waals surface area (Å²) in [7, 11) is -4.88. The van der Waals surface area contributed by atoms with Gasteiger partial charge >= 0.3 is 10.2 Å². The zero-order valence-electron chi connectivity index (χ0n) is 13.2. The molecule has 0 saturated carbocycles. The van der Waals surface area contributed by atoms with E-state index in [-0.39, 0.29) is 17.2 Å². The fraction of sp³-hybridized carbons (Fsp3) is 0.462. The van der Waals surface area contributed by atoms with Crippen LogP contribution in [0.4, 0.5) is 0 Å². The molecule has 0 radical (unpaired) electrons. The van der Waals surface area contributed by atoms with E-state index in [9.17, 15) is 21.6 Å². The first kappa shape index (κ1) is 17.7. The number of nitrogens with zero attached hydrogens (tertiary/aromatic N) is 2. The molecule has 1 amide bonds. The Morgan fingerprint density at radius 1 is 1.30 bits per heavy atom. The fourth-order valence-corrected chi connectivity index (χ4v) is 4.74. The number of methoxy groups -OCH3 is 1. The van der Waals surface area contributed by atoms with Gasteiger partial charge in [0.2, 0.25) is 0 Å². The number of rotatable bonds is 4. The molecule has 8 nitrogen and oxygen atoms in total. The van der Waals surface area contributed by atoms with E-state index in [2.05, 4.69) is 0 Å². The molecule has 1 atom stereocenters. The average molecular weight is 362 g/mol. The second kappa shape index (κ2) is 5.77. The van der Waals surface area contributed by atoms with Crippen molar-refractivity contribution in [1.82, 2.24) is 8.61 Å². The summed E-state index contributed by atoms with van der Waals surface area (Å²) in [5, 5.41) is 0. The molecule has 1 aliphatic rings. The molecule has 1 aromatic rings. The summed E-state index contributed by atoms with van der Waals surface area (Å²) in [6.45, 7) is 1.39. The Balaban J connectivity index is 2.44. The fourth-order valence-electron chi connectivity index (χ4n) is 2.36. The summed E-state index contributed by atoms with van der Waals surface area (Å²) in [6, 6.07) is 3.55. The maximum atomic E-state index is 12.2. The molecule has 0 N–H and O–H groups in total. The highest BCUT2D eigenvalue weighted by Crippen LogP contribution is 2.28. The van der Waals surface area contributed by atoms with Gasteiger partial charge in [-0.05, 0) is 24.6 Å². The third-order valence-electron chi connectivity index (χ3n) is 3.71. The van der Waals surface area contributed by atoms with Crippen molar-refractivity contribution < 1.29 is 26.4 Å². The van der Waals surface area contributed by atoms with Crippen LogP contribution in [0, 0.1) is 0 Å². The molecule has 128 valence electrons. The van der Waals surface area contributed by atoms with Gasteiger partial charge in [-0.3, -0.25) is 4.79 Å². The van der Waals surface area contributed by atoms with Gasteiger partial charge in [0.15, 0.2) is 9.84 Å². The maximum absolute atomic E-state index is 12.2. The summed E-state index contributed by atoms with van der Waals surface area (Å²) in [5.74, 6) is -0.344. The van der Waals surface area contributed by atoms with E-state index in [4.69, 9.17) is 4.74 Å². The second-order valence-electron chi connectivity index (χ2n) is 5.29. The molecular formula is C13H18N2O6S2. The topological polar surface area (TPSA) is 101 Å². The second-order valence-corrected chi connectivity index (χ2v) is 9.19. The van der Waals surface area contributed by atoms with Gasteiger partial charge in [0.25, 0.3) is 5.91 Å². The predicted octanol–water partition coefficient (Wildman–Crippen LogP) is 0.00600. The first-order chi connectivity index (χ1) is 10.5. The highest BCUT2D eigenvalue weighted by atomic mass is 32.2. The summed E-state index contributed by atoms with van der Waals surface area (Å²) in [4.78, 5) is 11.8. The SMILES string of the molecule is COc1ccc(CN2C(C)C(=O)N(C)S2(=O)=O)cc1S(C)(=O)=O. The lowest BCUT2D eigenvalue weighted by Crippen LogP contribution is -2.33. The Hall–Kier alpha value is -1.65. The smallest absolute Gasteiger partial charge is 0.307 e. The minimum Gasteiger partial charge on any atom is -0.495 e. The summed E-state index contributed by atoms with van der Waals surface area (Å²) in [6.07, 6.45) is 1.04. The van der Waals surface area contributed by atoms with Crippen molar-refractivity contribution in [2.24, 2.45) is 0 Å². The molecular weight excluding hydrogens is 344 g/mol. The molecule has 1 saturated heterocycles. The Labute approximate surface area is 135 Å². The van der Waals surface area contributed by atoms with Gasteiger partial charge < -0.3 is 4.74 Å². The van der Waals surface area contributed by atoms with Crippen molar-refractivity contribution in [1.29, 1.82) is 0 Å². The number of hydrogen-bond acceptors (Lipinski definition) is 6. The van der Waals surface area contributed by atoms with Crippen LogP contribution in [0.25, 0.3) is 0 Å². The van der Waals surface area contributed by atoms with Gasteiger partial charge in [0, 0.05) is 19.8 Å². The maximum Gasteiger partial charge on any atom is 0.307 e. The van der Waals surface area contributed by atoms with Gasteiger partial charge in [0.05, 0.1) is 7.11 Å². The number of carbonyl (C=O) groups is 1. The van der Waals surface area contributed by atoms with Crippen LogP contribution < -0.4 is 4.74 Å². The minimum atomic E-state index is -3.89. The Morgan fingerprint density at radius 2 is 1.91 bits per heavy atom. The van der Waals surface area contributed by atoms with Crippen LogP contribution in [0.5, 0.6) is 5.75 Å². The molecule has 0 aromatic heterocycles. The van der Waals surface area contributed by atoms with E-state index in [1.165, 1.54) is 33.2 Å². The van der Waals surface area contributed by atoms with Crippen molar-refractivity contribution in [3.05, 3.63) is 23.8 Å². The summed E-state index contributed by atoms with van der Waals surface area (Å²) >= 11 is 0. The molecule has 0 spiro atoms. The van der Waals surface area contributed by atoms with Crippen molar-refractivity contribution in [3.63, 3.8) is 0 Å². The van der Waals surface area contributed by atoms with Crippen molar-refractivity contribution >= 4 is 26.0 Å². The van der Waals surface area contributed by atoms with Crippen LogP contribution in [-0.4, -0.2) is 57.8 Å². The lowest BCUT2D eigenvalue weighted by Gasteiger charge is -2.18. The van der Waals surface area contributed by atoms with Crippen molar-refractivity contribution in [3.8, 4) is 5.75 Å². The number of likely N-dealkylation sites (N-methyl/N-ethyl adjacent to an activating group) is 1. The van der Waals surface area contributed by atoms with Gasteiger partial charge in [0.1, 0.15) is 16.7 Å². The van der Waals surface area contributed by atoms with E-state index >= 15 is 0 Å². The van der Waals surface area contributed by atoms with E-state index in [1.54, 1.807) is 6.07 Å². The minimum absolute atomic E-state index is 0.0265. The summed E-state index contributed by atoms with van der Waals surface area (Å²) < 4.78 is 54.8. The molecule has 0 aliphatic carbocycles. The lowest BCUT2D eigenvalue weighted by atomic mass is 10.2. The molecule has 1 fully saturated rings. The molecule has 10 heteroatoms. The van der Waals surface area contributed by atoms with Gasteiger partial charge in [-0.1, -0.05) is 6.07 Å². The number of benzene rings is 1. The molecule has 1 unspecified atom stereocenters. The quantitative estimate of drug-likeness (QED) is 0.748. The highest BCUT2D eigenvalue weighted by Gasteiger charge is 2.45. The van der Waals surface area contributed by atoms with Crippen molar-refractivity contribution in [2.45, 2.75) is 24.4 Å². The molecule has 1 heterocycles. The first-order valence-electron chi connectivity index (χ1n) is 6.66. The zero-order chi connectivity index (χ0) is 17.6. The Bertz CT molecular complexity index is 847. The van der Waals surface area contributed by atoms with Crippen molar-refractivity contribution in [2.75, 3.05) is 20.4 Å². The Morgan fingerprint density at radius 3 is 2.35 bits per heavy atom. The summed E-state index contributed by atoms with van der Waals surface area (Å²) in [5.41, 5.74) is 0.449.